The lowest BCUT2D eigenvalue weighted by Gasteiger charge is -2.19. The summed E-state index contributed by atoms with van der Waals surface area (Å²) in [5, 5.41) is 3.74. The van der Waals surface area contributed by atoms with Gasteiger partial charge in [-0.1, -0.05) is 5.16 Å². The number of methoxy groups -OCH3 is 1. The Balaban J connectivity index is 1.85. The van der Waals surface area contributed by atoms with Crippen molar-refractivity contribution in [1.82, 2.24) is 20.0 Å². The fourth-order valence-corrected chi connectivity index (χ4v) is 2.59. The predicted octanol–water partition coefficient (Wildman–Crippen LogP) is 1.78. The number of nitrogens with zero attached hydrogens (tertiary/aromatic N) is 4. The van der Waals surface area contributed by atoms with Crippen LogP contribution in [0.2, 0.25) is 0 Å². The molecule has 10 heteroatoms. The second kappa shape index (κ2) is 6.27. The molecule has 0 spiro atoms. The number of likely N-dealkylation sites (tertiary alicyclic amines) is 1. The smallest absolute Gasteiger partial charge is 0.292 e. The molecule has 130 valence electrons. The molecule has 1 aliphatic rings. The normalized spacial score (nSPS) is 19.8. The van der Waals surface area contributed by atoms with E-state index >= 15 is 0 Å². The lowest BCUT2D eigenvalue weighted by Crippen LogP contribution is -2.33. The average molecular weight is 342 g/mol. The molecule has 0 saturated carbocycles. The summed E-state index contributed by atoms with van der Waals surface area (Å²) in [5.74, 6) is -3.48. The van der Waals surface area contributed by atoms with Gasteiger partial charge in [0.1, 0.15) is 6.04 Å². The second-order valence-corrected chi connectivity index (χ2v) is 5.57. The molecule has 2 aromatic heterocycles. The highest BCUT2D eigenvalue weighted by Gasteiger charge is 2.50. The number of oxazole rings is 1. The van der Waals surface area contributed by atoms with Crippen LogP contribution in [0.1, 0.15) is 40.4 Å². The van der Waals surface area contributed by atoms with E-state index in [1.165, 1.54) is 7.11 Å². The van der Waals surface area contributed by atoms with E-state index < -0.39 is 30.8 Å². The minimum Gasteiger partial charge on any atom is -0.438 e. The average Bonchev–Trinajstić information content (AvgIpc) is 3.22. The molecule has 0 bridgehead atoms. The monoisotopic (exact) mass is 342 g/mol. The third-order valence-electron chi connectivity index (χ3n) is 3.77. The number of amides is 1. The number of carbonyl (C=O) groups excluding carboxylic acids is 1. The number of ether oxygens (including phenoxy) is 1. The van der Waals surface area contributed by atoms with Crippen molar-refractivity contribution in [2.75, 3.05) is 20.3 Å². The van der Waals surface area contributed by atoms with Gasteiger partial charge in [0, 0.05) is 20.0 Å². The first-order chi connectivity index (χ1) is 11.4. The summed E-state index contributed by atoms with van der Waals surface area (Å²) < 4.78 is 42.8. The zero-order valence-electron chi connectivity index (χ0n) is 13.2. The summed E-state index contributed by atoms with van der Waals surface area (Å²) in [6.45, 7) is 1.20. The molecule has 3 heterocycles. The van der Waals surface area contributed by atoms with Gasteiger partial charge in [-0.3, -0.25) is 4.79 Å². The van der Waals surface area contributed by atoms with Crippen molar-refractivity contribution in [2.24, 2.45) is 0 Å². The molecule has 0 unspecified atom stereocenters. The third-order valence-corrected chi connectivity index (χ3v) is 3.77. The van der Waals surface area contributed by atoms with Gasteiger partial charge in [-0.2, -0.15) is 4.98 Å². The Morgan fingerprint density at radius 2 is 2.33 bits per heavy atom. The van der Waals surface area contributed by atoms with E-state index in [0.717, 1.165) is 11.3 Å². The summed E-state index contributed by atoms with van der Waals surface area (Å²) >= 11 is 0. The van der Waals surface area contributed by atoms with Crippen molar-refractivity contribution in [3.8, 4) is 0 Å². The van der Waals surface area contributed by atoms with Gasteiger partial charge >= 0.3 is 0 Å². The highest BCUT2D eigenvalue weighted by Crippen LogP contribution is 2.41. The molecule has 0 aromatic carbocycles. The standard InChI is InChI=1S/C14H16F2N4O4/c1-8-11(23-7-17-8)13(21)20-6-14(15,16)5-9(20)12-18-10(19-24-12)3-4-22-2/h7,9H,3-6H2,1-2H3/t9-/m0/s1. The molecular weight excluding hydrogens is 326 g/mol. The van der Waals surface area contributed by atoms with Crippen LogP contribution < -0.4 is 0 Å². The summed E-state index contributed by atoms with van der Waals surface area (Å²) in [6.07, 6.45) is 0.900. The summed E-state index contributed by atoms with van der Waals surface area (Å²) in [7, 11) is 1.53. The van der Waals surface area contributed by atoms with Gasteiger partial charge in [0.05, 0.1) is 18.8 Å². The molecule has 0 aliphatic carbocycles. The Bertz CT molecular complexity index is 730. The maximum absolute atomic E-state index is 13.9. The van der Waals surface area contributed by atoms with Crippen LogP contribution in [-0.2, 0) is 11.2 Å². The van der Waals surface area contributed by atoms with Crippen LogP contribution in [0.25, 0.3) is 0 Å². The van der Waals surface area contributed by atoms with Gasteiger partial charge in [-0.15, -0.1) is 0 Å². The molecule has 24 heavy (non-hydrogen) atoms. The van der Waals surface area contributed by atoms with Gasteiger partial charge in [0.25, 0.3) is 11.8 Å². The van der Waals surface area contributed by atoms with Crippen molar-refractivity contribution in [2.45, 2.75) is 31.7 Å². The number of hydrogen-bond donors (Lipinski definition) is 0. The Hall–Kier alpha value is -2.36. The lowest BCUT2D eigenvalue weighted by molar-refractivity contribution is 0.0113. The molecule has 1 amide bonds. The predicted molar refractivity (Wildman–Crippen MR) is 74.5 cm³/mol. The molecule has 0 N–H and O–H groups in total. The number of alkyl halides is 2. The topological polar surface area (TPSA) is 94.5 Å². The Morgan fingerprint density at radius 3 is 3.00 bits per heavy atom. The fourth-order valence-electron chi connectivity index (χ4n) is 2.59. The van der Waals surface area contributed by atoms with E-state index in [2.05, 4.69) is 15.1 Å². The first-order valence-electron chi connectivity index (χ1n) is 7.31. The maximum atomic E-state index is 13.9. The molecule has 2 aromatic rings. The summed E-state index contributed by atoms with van der Waals surface area (Å²) in [6, 6.07) is -1.01. The second-order valence-electron chi connectivity index (χ2n) is 5.57. The van der Waals surface area contributed by atoms with E-state index in [1.54, 1.807) is 6.92 Å². The maximum Gasteiger partial charge on any atom is 0.292 e. The number of carbonyl (C=O) groups is 1. The SMILES string of the molecule is COCCc1noc([C@@H]2CC(F)(F)CN2C(=O)c2ocnc2C)n1. The molecule has 0 radical (unpaired) electrons. The highest BCUT2D eigenvalue weighted by atomic mass is 19.3. The zero-order chi connectivity index (χ0) is 17.3. The minimum atomic E-state index is -3.05. The number of aryl methyl sites for hydroxylation is 1. The lowest BCUT2D eigenvalue weighted by atomic mass is 10.2. The Labute approximate surface area is 135 Å². The molecule has 1 fully saturated rings. The van der Waals surface area contributed by atoms with Crippen molar-refractivity contribution < 1.29 is 27.3 Å². The molecule has 1 saturated heterocycles. The van der Waals surface area contributed by atoms with E-state index in [0.29, 0.717) is 24.5 Å². The van der Waals surface area contributed by atoms with Crippen LogP contribution in [-0.4, -0.2) is 52.1 Å². The van der Waals surface area contributed by atoms with Crippen molar-refractivity contribution >= 4 is 5.91 Å². The van der Waals surface area contributed by atoms with E-state index in [4.69, 9.17) is 13.7 Å². The molecule has 1 aliphatic heterocycles. The Kier molecular flexibility index (Phi) is 4.31. The van der Waals surface area contributed by atoms with Crippen LogP contribution in [0.4, 0.5) is 8.78 Å². The van der Waals surface area contributed by atoms with Gasteiger partial charge in [0.2, 0.25) is 11.7 Å². The van der Waals surface area contributed by atoms with E-state index in [-0.39, 0.29) is 11.7 Å². The number of rotatable bonds is 5. The molecular formula is C14H16F2N4O4. The van der Waals surface area contributed by atoms with E-state index in [1.807, 2.05) is 0 Å². The van der Waals surface area contributed by atoms with Gasteiger partial charge in [-0.25, -0.2) is 13.8 Å². The summed E-state index contributed by atoms with van der Waals surface area (Å²) in [4.78, 5) is 21.4. The first-order valence-corrected chi connectivity index (χ1v) is 7.31. The Morgan fingerprint density at radius 1 is 1.54 bits per heavy atom. The first kappa shape index (κ1) is 16.5. The summed E-state index contributed by atoms with van der Waals surface area (Å²) in [5.41, 5.74) is 0.334. The van der Waals surface area contributed by atoms with Crippen molar-refractivity contribution in [3.05, 3.63) is 29.6 Å². The van der Waals surface area contributed by atoms with E-state index in [9.17, 15) is 13.6 Å². The van der Waals surface area contributed by atoms with Crippen LogP contribution in [0, 0.1) is 6.92 Å². The number of aromatic nitrogens is 3. The number of halogens is 2. The van der Waals surface area contributed by atoms with Crippen molar-refractivity contribution in [3.63, 3.8) is 0 Å². The largest absolute Gasteiger partial charge is 0.438 e. The van der Waals surface area contributed by atoms with Crippen LogP contribution in [0.5, 0.6) is 0 Å². The van der Waals surface area contributed by atoms with Crippen molar-refractivity contribution in [1.29, 1.82) is 0 Å². The minimum absolute atomic E-state index is 0.0243. The van der Waals surface area contributed by atoms with Gasteiger partial charge in [-0.05, 0) is 6.92 Å². The molecule has 3 rings (SSSR count). The highest BCUT2D eigenvalue weighted by molar-refractivity contribution is 5.92. The quantitative estimate of drug-likeness (QED) is 0.817. The van der Waals surface area contributed by atoms with Gasteiger partial charge < -0.3 is 18.6 Å². The number of hydrogen-bond acceptors (Lipinski definition) is 7. The van der Waals surface area contributed by atoms with Crippen LogP contribution in [0.3, 0.4) is 0 Å². The van der Waals surface area contributed by atoms with Gasteiger partial charge in [0.15, 0.2) is 12.2 Å². The van der Waals surface area contributed by atoms with Crippen LogP contribution >= 0.6 is 0 Å². The van der Waals surface area contributed by atoms with Crippen LogP contribution in [0.15, 0.2) is 15.3 Å². The fraction of sp³-hybridized carbons (Fsp3) is 0.571. The zero-order valence-corrected chi connectivity index (χ0v) is 13.2. The molecule has 8 nitrogen and oxygen atoms in total. The molecule has 1 atom stereocenters. The third kappa shape index (κ3) is 3.14.